The number of benzene rings is 2. The lowest BCUT2D eigenvalue weighted by atomic mass is 9.88. The fourth-order valence-electron chi connectivity index (χ4n) is 2.63. The molecule has 0 aliphatic rings. The van der Waals surface area contributed by atoms with Crippen molar-refractivity contribution in [3.63, 3.8) is 0 Å². The normalized spacial score (nSPS) is 12.0. The summed E-state index contributed by atoms with van der Waals surface area (Å²) in [5.41, 5.74) is 5.18. The summed E-state index contributed by atoms with van der Waals surface area (Å²) in [6, 6.07) is 14.1. The molecule has 0 spiro atoms. The van der Waals surface area contributed by atoms with Gasteiger partial charge in [0.25, 0.3) is 0 Å². The maximum absolute atomic E-state index is 11.7. The van der Waals surface area contributed by atoms with Gasteiger partial charge in [-0.2, -0.15) is 0 Å². The van der Waals surface area contributed by atoms with Gasteiger partial charge in [0.1, 0.15) is 0 Å². The first-order valence-electron chi connectivity index (χ1n) is 7.44. The van der Waals surface area contributed by atoms with E-state index < -0.39 is 11.9 Å². The van der Waals surface area contributed by atoms with Crippen molar-refractivity contribution >= 4 is 11.7 Å². The first kappa shape index (κ1) is 16.1. The van der Waals surface area contributed by atoms with Gasteiger partial charge in [0.15, 0.2) is 0 Å². The van der Waals surface area contributed by atoms with Gasteiger partial charge in [-0.1, -0.05) is 35.9 Å². The van der Waals surface area contributed by atoms with Gasteiger partial charge >= 0.3 is 5.97 Å². The Morgan fingerprint density at radius 3 is 2.27 bits per heavy atom. The third-order valence-corrected chi connectivity index (χ3v) is 4.00. The van der Waals surface area contributed by atoms with Crippen molar-refractivity contribution in [2.24, 2.45) is 0 Å². The van der Waals surface area contributed by atoms with E-state index in [2.05, 4.69) is 0 Å². The number of carboxylic acids is 1. The van der Waals surface area contributed by atoms with Gasteiger partial charge in [0, 0.05) is 19.8 Å². The first-order chi connectivity index (χ1) is 10.4. The van der Waals surface area contributed by atoms with E-state index in [4.69, 9.17) is 0 Å². The third-order valence-electron chi connectivity index (χ3n) is 4.00. The van der Waals surface area contributed by atoms with Crippen molar-refractivity contribution in [1.82, 2.24) is 0 Å². The molecule has 3 nitrogen and oxygen atoms in total. The molecule has 0 amide bonds. The maximum Gasteiger partial charge on any atom is 0.311 e. The fourth-order valence-corrected chi connectivity index (χ4v) is 2.63. The predicted molar refractivity (Wildman–Crippen MR) is 90.8 cm³/mol. The average Bonchev–Trinajstić information content (AvgIpc) is 2.47. The van der Waals surface area contributed by atoms with Crippen LogP contribution in [-0.2, 0) is 11.2 Å². The lowest BCUT2D eigenvalue weighted by Gasteiger charge is -2.17. The number of carboxylic acid groups (broad SMARTS) is 1. The van der Waals surface area contributed by atoms with Crippen LogP contribution < -0.4 is 4.90 Å². The van der Waals surface area contributed by atoms with Crippen LogP contribution in [0.2, 0.25) is 0 Å². The maximum atomic E-state index is 11.7. The highest BCUT2D eigenvalue weighted by Crippen LogP contribution is 2.26. The molecule has 0 saturated carbocycles. The Bertz CT molecular complexity index is 660. The first-order valence-corrected chi connectivity index (χ1v) is 7.44. The molecule has 3 heteroatoms. The second-order valence-corrected chi connectivity index (χ2v) is 6.02. The van der Waals surface area contributed by atoms with Crippen LogP contribution in [0.25, 0.3) is 0 Å². The monoisotopic (exact) mass is 297 g/mol. The number of aryl methyl sites for hydroxylation is 2. The predicted octanol–water partition coefficient (Wildman–Crippen LogP) is 3.78. The molecule has 2 aromatic rings. The quantitative estimate of drug-likeness (QED) is 0.913. The van der Waals surface area contributed by atoms with Crippen LogP contribution in [0.4, 0.5) is 5.69 Å². The second-order valence-electron chi connectivity index (χ2n) is 6.02. The molecule has 1 unspecified atom stereocenters. The molecule has 0 aromatic heterocycles. The summed E-state index contributed by atoms with van der Waals surface area (Å²) in [7, 11) is 3.98. The minimum Gasteiger partial charge on any atom is -0.481 e. The van der Waals surface area contributed by atoms with E-state index in [9.17, 15) is 9.90 Å². The van der Waals surface area contributed by atoms with E-state index >= 15 is 0 Å². The van der Waals surface area contributed by atoms with Crippen molar-refractivity contribution in [3.05, 3.63) is 64.7 Å². The molecule has 0 saturated heterocycles. The molecule has 0 heterocycles. The highest BCUT2D eigenvalue weighted by Gasteiger charge is 2.22. The lowest BCUT2D eigenvalue weighted by molar-refractivity contribution is -0.138. The van der Waals surface area contributed by atoms with Gasteiger partial charge in [-0.25, -0.2) is 0 Å². The average molecular weight is 297 g/mol. The van der Waals surface area contributed by atoms with Crippen LogP contribution in [0.5, 0.6) is 0 Å². The summed E-state index contributed by atoms with van der Waals surface area (Å²) in [6.07, 6.45) is 0.507. The molecule has 0 aliphatic carbocycles. The minimum absolute atomic E-state index is 0.507. The zero-order valence-electron chi connectivity index (χ0n) is 13.6. The summed E-state index contributed by atoms with van der Waals surface area (Å²) in [6.45, 7) is 3.97. The Morgan fingerprint density at radius 2 is 1.73 bits per heavy atom. The Balaban J connectivity index is 2.29. The number of rotatable bonds is 5. The zero-order valence-corrected chi connectivity index (χ0v) is 13.6. The van der Waals surface area contributed by atoms with Gasteiger partial charge in [-0.15, -0.1) is 0 Å². The summed E-state index contributed by atoms with van der Waals surface area (Å²) in [4.78, 5) is 13.8. The van der Waals surface area contributed by atoms with E-state index in [-0.39, 0.29) is 0 Å². The molecular formula is C19H23NO2. The van der Waals surface area contributed by atoms with Crippen LogP contribution in [0.3, 0.4) is 0 Å². The van der Waals surface area contributed by atoms with Crippen molar-refractivity contribution in [3.8, 4) is 0 Å². The van der Waals surface area contributed by atoms with E-state index in [1.54, 1.807) is 0 Å². The number of carbonyl (C=O) groups is 1. The highest BCUT2D eigenvalue weighted by atomic mass is 16.4. The highest BCUT2D eigenvalue weighted by molar-refractivity contribution is 5.77. The van der Waals surface area contributed by atoms with Crippen LogP contribution >= 0.6 is 0 Å². The summed E-state index contributed by atoms with van der Waals surface area (Å²) < 4.78 is 0. The lowest BCUT2D eigenvalue weighted by Crippen LogP contribution is -2.16. The molecule has 0 aliphatic heterocycles. The van der Waals surface area contributed by atoms with Crippen molar-refractivity contribution in [2.45, 2.75) is 26.2 Å². The standard InChI is InChI=1S/C19H23NO2/c1-13-5-6-14(2)17(11-13)18(19(21)22)12-15-7-9-16(10-8-15)20(3)4/h5-11,18H,12H2,1-4H3,(H,21,22). The van der Waals surface area contributed by atoms with Gasteiger partial charge in [-0.05, 0) is 49.1 Å². The molecule has 0 bridgehead atoms. The summed E-state index contributed by atoms with van der Waals surface area (Å²) >= 11 is 0. The zero-order chi connectivity index (χ0) is 16.3. The number of hydrogen-bond donors (Lipinski definition) is 1. The number of nitrogens with zero attached hydrogens (tertiary/aromatic N) is 1. The molecule has 2 aromatic carbocycles. The van der Waals surface area contributed by atoms with Crippen LogP contribution in [-0.4, -0.2) is 25.2 Å². The topological polar surface area (TPSA) is 40.5 Å². The largest absolute Gasteiger partial charge is 0.481 e. The molecule has 1 atom stereocenters. The molecule has 116 valence electrons. The summed E-state index contributed by atoms with van der Waals surface area (Å²) in [5.74, 6) is -1.28. The molecule has 0 radical (unpaired) electrons. The fraction of sp³-hybridized carbons (Fsp3) is 0.316. The number of aliphatic carboxylic acids is 1. The van der Waals surface area contributed by atoms with Crippen molar-refractivity contribution in [2.75, 3.05) is 19.0 Å². The Morgan fingerprint density at radius 1 is 1.09 bits per heavy atom. The minimum atomic E-state index is -0.773. The van der Waals surface area contributed by atoms with Crippen LogP contribution in [0.15, 0.2) is 42.5 Å². The van der Waals surface area contributed by atoms with E-state index in [0.717, 1.165) is 27.9 Å². The SMILES string of the molecule is Cc1ccc(C)c(C(Cc2ccc(N(C)C)cc2)C(=O)O)c1. The third kappa shape index (κ3) is 3.67. The van der Waals surface area contributed by atoms with E-state index in [1.165, 1.54) is 0 Å². The Hall–Kier alpha value is -2.29. The van der Waals surface area contributed by atoms with E-state index in [1.807, 2.05) is 75.3 Å². The molecular weight excluding hydrogens is 274 g/mol. The van der Waals surface area contributed by atoms with Crippen molar-refractivity contribution in [1.29, 1.82) is 0 Å². The second kappa shape index (κ2) is 6.65. The molecule has 0 fully saturated rings. The number of hydrogen-bond acceptors (Lipinski definition) is 2. The van der Waals surface area contributed by atoms with Gasteiger partial charge in [0.2, 0.25) is 0 Å². The van der Waals surface area contributed by atoms with Crippen LogP contribution in [0.1, 0.15) is 28.2 Å². The summed E-state index contributed by atoms with van der Waals surface area (Å²) in [5, 5.41) is 9.64. The van der Waals surface area contributed by atoms with Gasteiger partial charge in [0.05, 0.1) is 5.92 Å². The molecule has 2 rings (SSSR count). The molecule has 1 N–H and O–H groups in total. The molecule has 22 heavy (non-hydrogen) atoms. The van der Waals surface area contributed by atoms with Gasteiger partial charge < -0.3 is 10.0 Å². The number of anilines is 1. The smallest absolute Gasteiger partial charge is 0.311 e. The van der Waals surface area contributed by atoms with E-state index in [0.29, 0.717) is 6.42 Å². The Labute approximate surface area is 132 Å². The Kier molecular flexibility index (Phi) is 4.86. The van der Waals surface area contributed by atoms with Gasteiger partial charge in [-0.3, -0.25) is 4.79 Å². The van der Waals surface area contributed by atoms with Crippen LogP contribution in [0, 0.1) is 13.8 Å². The van der Waals surface area contributed by atoms with Crippen molar-refractivity contribution < 1.29 is 9.90 Å².